The van der Waals surface area contributed by atoms with Crippen molar-refractivity contribution in [2.24, 2.45) is 5.92 Å². The van der Waals surface area contributed by atoms with Crippen LogP contribution in [0.15, 0.2) is 24.5 Å². The predicted molar refractivity (Wildman–Crippen MR) is 75.2 cm³/mol. The van der Waals surface area contributed by atoms with Crippen LogP contribution in [0.2, 0.25) is 0 Å². The van der Waals surface area contributed by atoms with E-state index in [1.807, 2.05) is 26.8 Å². The van der Waals surface area contributed by atoms with Crippen LogP contribution in [0.25, 0.3) is 0 Å². The fraction of sp³-hybridized carbons (Fsp3) is 0.500. The smallest absolute Gasteiger partial charge is 0.326 e. The average molecular weight is 279 g/mol. The van der Waals surface area contributed by atoms with Gasteiger partial charge in [-0.2, -0.15) is 0 Å². The van der Waals surface area contributed by atoms with Crippen molar-refractivity contribution in [2.45, 2.75) is 39.3 Å². The molecule has 0 aliphatic carbocycles. The van der Waals surface area contributed by atoms with Crippen molar-refractivity contribution in [3.63, 3.8) is 0 Å². The number of hydrogen-bond donors (Lipinski definition) is 3. The highest BCUT2D eigenvalue weighted by Gasteiger charge is 2.21. The van der Waals surface area contributed by atoms with E-state index in [9.17, 15) is 9.59 Å². The lowest BCUT2D eigenvalue weighted by Gasteiger charge is -2.19. The van der Waals surface area contributed by atoms with Crippen LogP contribution in [-0.4, -0.2) is 28.1 Å². The maximum absolute atomic E-state index is 11.8. The zero-order valence-electron chi connectivity index (χ0n) is 12.0. The van der Waals surface area contributed by atoms with E-state index in [4.69, 9.17) is 5.11 Å². The summed E-state index contributed by atoms with van der Waals surface area (Å²) in [6.07, 6.45) is 3.71. The first-order valence-corrected chi connectivity index (χ1v) is 6.60. The summed E-state index contributed by atoms with van der Waals surface area (Å²) in [5.74, 6) is -0.838. The van der Waals surface area contributed by atoms with Gasteiger partial charge in [-0.3, -0.25) is 4.98 Å². The molecule has 1 rings (SSSR count). The summed E-state index contributed by atoms with van der Waals surface area (Å²) >= 11 is 0. The molecule has 0 aliphatic heterocycles. The van der Waals surface area contributed by atoms with Gasteiger partial charge in [-0.15, -0.1) is 0 Å². The van der Waals surface area contributed by atoms with Gasteiger partial charge >= 0.3 is 12.0 Å². The molecular formula is C14H21N3O3. The lowest BCUT2D eigenvalue weighted by molar-refractivity contribution is -0.139. The number of rotatable bonds is 6. The quantitative estimate of drug-likeness (QED) is 0.742. The average Bonchev–Trinajstić information content (AvgIpc) is 2.38. The Labute approximate surface area is 118 Å². The number of hydrogen-bond acceptors (Lipinski definition) is 3. The van der Waals surface area contributed by atoms with Gasteiger partial charge < -0.3 is 15.7 Å². The lowest BCUT2D eigenvalue weighted by Crippen LogP contribution is -2.47. The molecule has 6 nitrogen and oxygen atoms in total. The number of aliphatic carboxylic acids is 1. The number of amides is 2. The van der Waals surface area contributed by atoms with Crippen LogP contribution in [0.5, 0.6) is 0 Å². The Morgan fingerprint density at radius 1 is 1.30 bits per heavy atom. The van der Waals surface area contributed by atoms with Gasteiger partial charge in [0.25, 0.3) is 0 Å². The van der Waals surface area contributed by atoms with Crippen molar-refractivity contribution in [1.82, 2.24) is 15.6 Å². The topological polar surface area (TPSA) is 91.3 Å². The van der Waals surface area contributed by atoms with Crippen molar-refractivity contribution >= 4 is 12.0 Å². The van der Waals surface area contributed by atoms with Gasteiger partial charge in [0.05, 0.1) is 6.04 Å². The Bertz CT molecular complexity index is 448. The molecule has 1 aromatic rings. The molecule has 6 heteroatoms. The van der Waals surface area contributed by atoms with E-state index in [0.717, 1.165) is 5.56 Å². The summed E-state index contributed by atoms with van der Waals surface area (Å²) in [6, 6.07) is 2.02. The Balaban J connectivity index is 2.55. The fourth-order valence-electron chi connectivity index (χ4n) is 1.80. The predicted octanol–water partition coefficient (Wildman–Crippen LogP) is 1.94. The molecule has 0 bridgehead atoms. The molecule has 1 unspecified atom stereocenters. The number of urea groups is 1. The SMILES string of the molecule is CC(C)C[C@@H](NC(=O)NC(C)c1cccnc1)C(=O)O. The molecule has 0 aromatic carbocycles. The van der Waals surface area contributed by atoms with Gasteiger partial charge in [-0.1, -0.05) is 19.9 Å². The first-order chi connectivity index (χ1) is 9.40. The Hall–Kier alpha value is -2.11. The molecule has 20 heavy (non-hydrogen) atoms. The second-order valence-corrected chi connectivity index (χ2v) is 5.15. The molecule has 110 valence electrons. The zero-order chi connectivity index (χ0) is 15.1. The number of nitrogens with zero attached hydrogens (tertiary/aromatic N) is 1. The summed E-state index contributed by atoms with van der Waals surface area (Å²) in [6.45, 7) is 5.64. The third-order valence-corrected chi connectivity index (χ3v) is 2.84. The lowest BCUT2D eigenvalue weighted by atomic mass is 10.0. The van der Waals surface area contributed by atoms with E-state index in [1.54, 1.807) is 18.5 Å². The van der Waals surface area contributed by atoms with Crippen molar-refractivity contribution in [3.8, 4) is 0 Å². The molecule has 0 saturated carbocycles. The van der Waals surface area contributed by atoms with Crippen LogP contribution in [0.3, 0.4) is 0 Å². The van der Waals surface area contributed by atoms with E-state index in [1.165, 1.54) is 0 Å². The normalized spacial score (nSPS) is 13.6. The number of aromatic nitrogens is 1. The van der Waals surface area contributed by atoms with Crippen molar-refractivity contribution < 1.29 is 14.7 Å². The van der Waals surface area contributed by atoms with Crippen LogP contribution in [0.1, 0.15) is 38.8 Å². The minimum atomic E-state index is -1.03. The molecule has 3 N–H and O–H groups in total. The second kappa shape index (κ2) is 7.47. The zero-order valence-corrected chi connectivity index (χ0v) is 12.0. The molecule has 1 aromatic heterocycles. The molecule has 1 heterocycles. The van der Waals surface area contributed by atoms with Gasteiger partial charge in [0.1, 0.15) is 6.04 Å². The number of carboxylic acids is 1. The van der Waals surface area contributed by atoms with Crippen molar-refractivity contribution in [3.05, 3.63) is 30.1 Å². The van der Waals surface area contributed by atoms with Crippen molar-refractivity contribution in [1.29, 1.82) is 0 Å². The molecule has 0 saturated heterocycles. The Morgan fingerprint density at radius 3 is 2.50 bits per heavy atom. The highest BCUT2D eigenvalue weighted by Crippen LogP contribution is 2.10. The standard InChI is InChI=1S/C14H21N3O3/c1-9(2)7-12(13(18)19)17-14(20)16-10(3)11-5-4-6-15-8-11/h4-6,8-10,12H,7H2,1-3H3,(H,18,19)(H2,16,17,20)/t10?,12-/m1/s1. The largest absolute Gasteiger partial charge is 0.480 e. The highest BCUT2D eigenvalue weighted by molar-refractivity contribution is 5.82. The number of pyridine rings is 1. The van der Waals surface area contributed by atoms with Gasteiger partial charge in [0.15, 0.2) is 0 Å². The summed E-state index contributed by atoms with van der Waals surface area (Å²) in [5, 5.41) is 14.2. The van der Waals surface area contributed by atoms with E-state index < -0.39 is 18.0 Å². The minimum Gasteiger partial charge on any atom is -0.480 e. The number of carbonyl (C=O) groups excluding carboxylic acids is 1. The van der Waals surface area contributed by atoms with Crippen LogP contribution < -0.4 is 10.6 Å². The maximum Gasteiger partial charge on any atom is 0.326 e. The van der Waals surface area contributed by atoms with E-state index >= 15 is 0 Å². The van der Waals surface area contributed by atoms with Crippen LogP contribution >= 0.6 is 0 Å². The first-order valence-electron chi connectivity index (χ1n) is 6.60. The van der Waals surface area contributed by atoms with Gasteiger partial charge in [-0.25, -0.2) is 9.59 Å². The van der Waals surface area contributed by atoms with E-state index in [0.29, 0.717) is 6.42 Å². The number of nitrogens with one attached hydrogen (secondary N) is 2. The fourth-order valence-corrected chi connectivity index (χ4v) is 1.80. The Kier molecular flexibility index (Phi) is 5.96. The molecule has 0 fully saturated rings. The van der Waals surface area contributed by atoms with Crippen molar-refractivity contribution in [2.75, 3.05) is 0 Å². The van der Waals surface area contributed by atoms with Gasteiger partial charge in [0.2, 0.25) is 0 Å². The molecular weight excluding hydrogens is 258 g/mol. The molecule has 2 atom stereocenters. The third kappa shape index (κ3) is 5.26. The monoisotopic (exact) mass is 279 g/mol. The van der Waals surface area contributed by atoms with Gasteiger partial charge in [-0.05, 0) is 30.9 Å². The number of carbonyl (C=O) groups is 2. The molecule has 0 aliphatic rings. The van der Waals surface area contributed by atoms with Gasteiger partial charge in [0, 0.05) is 12.4 Å². The molecule has 0 spiro atoms. The number of carboxylic acid groups (broad SMARTS) is 1. The van der Waals surface area contributed by atoms with Crippen LogP contribution in [0.4, 0.5) is 4.79 Å². The second-order valence-electron chi connectivity index (χ2n) is 5.15. The van der Waals surface area contributed by atoms with E-state index in [2.05, 4.69) is 15.6 Å². The van der Waals surface area contributed by atoms with Crippen LogP contribution in [0, 0.1) is 5.92 Å². The summed E-state index contributed by atoms with van der Waals surface area (Å²) in [4.78, 5) is 26.9. The van der Waals surface area contributed by atoms with Crippen LogP contribution in [-0.2, 0) is 4.79 Å². The Morgan fingerprint density at radius 2 is 2.00 bits per heavy atom. The summed E-state index contributed by atoms with van der Waals surface area (Å²) in [7, 11) is 0. The third-order valence-electron chi connectivity index (χ3n) is 2.84. The van der Waals surface area contributed by atoms with E-state index in [-0.39, 0.29) is 12.0 Å². The maximum atomic E-state index is 11.8. The molecule has 2 amide bonds. The minimum absolute atomic E-state index is 0.187. The first kappa shape index (κ1) is 15.9. The summed E-state index contributed by atoms with van der Waals surface area (Å²) in [5.41, 5.74) is 0.860. The highest BCUT2D eigenvalue weighted by atomic mass is 16.4. The molecule has 0 radical (unpaired) electrons. The summed E-state index contributed by atoms with van der Waals surface area (Å²) < 4.78 is 0.